The highest BCUT2D eigenvalue weighted by atomic mass is 35.5. The van der Waals surface area contributed by atoms with E-state index in [1.807, 2.05) is 24.3 Å². The summed E-state index contributed by atoms with van der Waals surface area (Å²) in [6.07, 6.45) is -0.279. The summed E-state index contributed by atoms with van der Waals surface area (Å²) in [6.45, 7) is 0.408. The molecule has 5 nitrogen and oxygen atoms in total. The predicted molar refractivity (Wildman–Crippen MR) is 86.3 cm³/mol. The van der Waals surface area contributed by atoms with Crippen LogP contribution in [0.5, 0.6) is 17.2 Å². The minimum atomic E-state index is -0.466. The van der Waals surface area contributed by atoms with Crippen LogP contribution in [0, 0.1) is 5.82 Å². The molecule has 7 heteroatoms. The number of halogens is 2. The molecule has 0 saturated heterocycles. The Labute approximate surface area is 143 Å². The average molecular weight is 352 g/mol. The van der Waals surface area contributed by atoms with Gasteiger partial charge in [0, 0.05) is 0 Å². The van der Waals surface area contributed by atoms with Crippen LogP contribution in [0.1, 0.15) is 0 Å². The van der Waals surface area contributed by atoms with Crippen LogP contribution in [0.4, 0.5) is 4.39 Å². The molecule has 0 aromatic heterocycles. The molecule has 0 saturated carbocycles. The lowest BCUT2D eigenvalue weighted by Gasteiger charge is -2.26. The summed E-state index contributed by atoms with van der Waals surface area (Å²) >= 11 is 5.83. The number of carbonyl (C=O) groups excluding carboxylic acids is 1. The van der Waals surface area contributed by atoms with Crippen molar-refractivity contribution in [2.75, 3.05) is 19.8 Å². The van der Waals surface area contributed by atoms with Crippen LogP contribution >= 0.6 is 11.6 Å². The summed E-state index contributed by atoms with van der Waals surface area (Å²) in [5.41, 5.74) is 0. The highest BCUT2D eigenvalue weighted by Crippen LogP contribution is 2.30. The maximum Gasteiger partial charge on any atom is 0.258 e. The number of ether oxygens (including phenoxy) is 3. The Morgan fingerprint density at radius 2 is 2.08 bits per heavy atom. The third-order valence-electron chi connectivity index (χ3n) is 3.35. The van der Waals surface area contributed by atoms with Crippen molar-refractivity contribution in [3.8, 4) is 17.2 Å². The summed E-state index contributed by atoms with van der Waals surface area (Å²) in [4.78, 5) is 11.8. The zero-order valence-corrected chi connectivity index (χ0v) is 13.4. The molecule has 0 fully saturated rings. The van der Waals surface area contributed by atoms with Gasteiger partial charge < -0.3 is 19.5 Å². The molecule has 1 amide bonds. The van der Waals surface area contributed by atoms with Crippen molar-refractivity contribution >= 4 is 17.5 Å². The maximum absolute atomic E-state index is 12.9. The normalized spacial score (nSPS) is 15.7. The van der Waals surface area contributed by atoms with Crippen LogP contribution in [-0.4, -0.2) is 31.8 Å². The molecule has 3 rings (SSSR count). The van der Waals surface area contributed by atoms with Crippen LogP contribution in [0.15, 0.2) is 42.5 Å². The zero-order valence-electron chi connectivity index (χ0n) is 12.6. The fourth-order valence-electron chi connectivity index (χ4n) is 2.18. The Morgan fingerprint density at radius 3 is 2.88 bits per heavy atom. The second-order valence-corrected chi connectivity index (χ2v) is 5.57. The number of para-hydroxylation sites is 2. The maximum atomic E-state index is 12.9. The van der Waals surface area contributed by atoms with Crippen molar-refractivity contribution in [3.63, 3.8) is 0 Å². The Bertz CT molecular complexity index is 740. The molecule has 126 valence electrons. The number of fused-ring (bicyclic) bond motifs is 1. The van der Waals surface area contributed by atoms with Crippen molar-refractivity contribution in [3.05, 3.63) is 53.3 Å². The number of benzene rings is 2. The second-order valence-electron chi connectivity index (χ2n) is 5.17. The lowest BCUT2D eigenvalue weighted by molar-refractivity contribution is -0.123. The molecular weight excluding hydrogens is 337 g/mol. The molecule has 1 N–H and O–H groups in total. The van der Waals surface area contributed by atoms with Gasteiger partial charge in [-0.2, -0.15) is 0 Å². The van der Waals surface area contributed by atoms with E-state index in [1.54, 1.807) is 0 Å². The van der Waals surface area contributed by atoms with Gasteiger partial charge in [0.15, 0.2) is 18.1 Å². The van der Waals surface area contributed by atoms with Gasteiger partial charge in [0.1, 0.15) is 24.3 Å². The molecule has 0 aliphatic carbocycles. The van der Waals surface area contributed by atoms with Crippen molar-refractivity contribution in [1.29, 1.82) is 0 Å². The first-order valence-electron chi connectivity index (χ1n) is 7.35. The molecule has 0 spiro atoms. The summed E-state index contributed by atoms with van der Waals surface area (Å²) in [5.74, 6) is 0.787. The smallest absolute Gasteiger partial charge is 0.258 e. The molecule has 1 aliphatic heterocycles. The van der Waals surface area contributed by atoms with Gasteiger partial charge in [-0.15, -0.1) is 0 Å². The minimum absolute atomic E-state index is 0.114. The standard InChI is InChI=1S/C17H15ClFNO4/c18-13-7-11(19)5-6-14(13)23-10-17(21)20-8-12-9-22-15-3-1-2-4-16(15)24-12/h1-7,12H,8-10H2,(H,20,21)/t12-/m1/s1. The number of nitrogens with one attached hydrogen (secondary N) is 1. The molecule has 24 heavy (non-hydrogen) atoms. The lowest BCUT2D eigenvalue weighted by atomic mass is 10.2. The average Bonchev–Trinajstić information content (AvgIpc) is 2.59. The Hall–Kier alpha value is -2.47. The summed E-state index contributed by atoms with van der Waals surface area (Å²) < 4.78 is 29.5. The summed E-state index contributed by atoms with van der Waals surface area (Å²) in [7, 11) is 0. The zero-order chi connectivity index (χ0) is 16.9. The number of carbonyl (C=O) groups is 1. The highest BCUT2D eigenvalue weighted by molar-refractivity contribution is 6.32. The molecule has 1 atom stereocenters. The highest BCUT2D eigenvalue weighted by Gasteiger charge is 2.21. The van der Waals surface area contributed by atoms with Crippen molar-refractivity contribution in [1.82, 2.24) is 5.32 Å². The number of hydrogen-bond acceptors (Lipinski definition) is 4. The molecule has 0 unspecified atom stereocenters. The van der Waals surface area contributed by atoms with Crippen molar-refractivity contribution in [2.45, 2.75) is 6.10 Å². The SMILES string of the molecule is O=C(COc1ccc(F)cc1Cl)NC[C@@H]1COc2ccccc2O1. The predicted octanol–water partition coefficient (Wildman–Crippen LogP) is 2.81. The number of hydrogen-bond donors (Lipinski definition) is 1. The van der Waals surface area contributed by atoms with E-state index in [4.69, 9.17) is 25.8 Å². The van der Waals surface area contributed by atoms with Gasteiger partial charge in [-0.05, 0) is 30.3 Å². The van der Waals surface area contributed by atoms with Gasteiger partial charge in [0.05, 0.1) is 11.6 Å². The van der Waals surface area contributed by atoms with Crippen molar-refractivity contribution in [2.24, 2.45) is 0 Å². The number of amides is 1. The van der Waals surface area contributed by atoms with Gasteiger partial charge in [0.2, 0.25) is 0 Å². The molecule has 1 aliphatic rings. The Balaban J connectivity index is 1.45. The summed E-state index contributed by atoms with van der Waals surface area (Å²) in [6, 6.07) is 11.1. The van der Waals surface area contributed by atoms with E-state index in [9.17, 15) is 9.18 Å². The second kappa shape index (κ2) is 7.40. The van der Waals surface area contributed by atoms with Gasteiger partial charge >= 0.3 is 0 Å². The topological polar surface area (TPSA) is 56.8 Å². The first kappa shape index (κ1) is 16.4. The number of rotatable bonds is 5. The monoisotopic (exact) mass is 351 g/mol. The molecule has 2 aromatic carbocycles. The van der Waals surface area contributed by atoms with Gasteiger partial charge in [-0.3, -0.25) is 4.79 Å². The fraction of sp³-hybridized carbons (Fsp3) is 0.235. The van der Waals surface area contributed by atoms with Crippen LogP contribution in [-0.2, 0) is 4.79 Å². The van der Waals surface area contributed by atoms with E-state index in [0.29, 0.717) is 18.1 Å². The van der Waals surface area contributed by atoms with Gasteiger partial charge in [0.25, 0.3) is 5.91 Å². The first-order valence-corrected chi connectivity index (χ1v) is 7.72. The van der Waals surface area contributed by atoms with Gasteiger partial charge in [-0.25, -0.2) is 4.39 Å². The van der Waals surface area contributed by atoms with E-state index in [-0.39, 0.29) is 35.9 Å². The van der Waals surface area contributed by atoms with Gasteiger partial charge in [-0.1, -0.05) is 23.7 Å². The van der Waals surface area contributed by atoms with Crippen molar-refractivity contribution < 1.29 is 23.4 Å². The quantitative estimate of drug-likeness (QED) is 0.900. The van der Waals surface area contributed by atoms with E-state index < -0.39 is 5.82 Å². The lowest BCUT2D eigenvalue weighted by Crippen LogP contribution is -2.42. The molecule has 0 bridgehead atoms. The van der Waals surface area contributed by atoms with Crippen LogP contribution in [0.3, 0.4) is 0 Å². The van der Waals surface area contributed by atoms with Crippen LogP contribution in [0.25, 0.3) is 0 Å². The largest absolute Gasteiger partial charge is 0.486 e. The third-order valence-corrected chi connectivity index (χ3v) is 3.64. The first-order chi connectivity index (χ1) is 11.6. The third kappa shape index (κ3) is 4.08. The van der Waals surface area contributed by atoms with E-state index in [2.05, 4.69) is 5.32 Å². The van der Waals surface area contributed by atoms with E-state index >= 15 is 0 Å². The minimum Gasteiger partial charge on any atom is -0.486 e. The van der Waals surface area contributed by atoms with E-state index in [0.717, 1.165) is 6.07 Å². The Morgan fingerprint density at radius 1 is 1.29 bits per heavy atom. The fourth-order valence-corrected chi connectivity index (χ4v) is 2.40. The molecule has 0 radical (unpaired) electrons. The molecule has 2 aromatic rings. The summed E-state index contributed by atoms with van der Waals surface area (Å²) in [5, 5.41) is 2.81. The Kier molecular flexibility index (Phi) is 5.05. The van der Waals surface area contributed by atoms with E-state index in [1.165, 1.54) is 12.1 Å². The van der Waals surface area contributed by atoms with Crippen LogP contribution < -0.4 is 19.5 Å². The molecular formula is C17H15ClFNO4. The van der Waals surface area contributed by atoms with Crippen LogP contribution in [0.2, 0.25) is 5.02 Å². The molecule has 1 heterocycles.